The molecule has 8 heteroatoms. The lowest BCUT2D eigenvalue weighted by Gasteiger charge is -2.07. The summed E-state index contributed by atoms with van der Waals surface area (Å²) in [6.07, 6.45) is 5.47. The van der Waals surface area contributed by atoms with Gasteiger partial charge in [-0.15, -0.1) is 0 Å². The minimum Gasteiger partial charge on any atom is -0.340 e. The van der Waals surface area contributed by atoms with Gasteiger partial charge in [0.25, 0.3) is 5.69 Å². The van der Waals surface area contributed by atoms with Crippen molar-refractivity contribution in [3.05, 3.63) is 71.2 Å². The lowest BCUT2D eigenvalue weighted by molar-refractivity contribution is -0.384. The first kappa shape index (κ1) is 15.7. The molecule has 0 aliphatic carbocycles. The summed E-state index contributed by atoms with van der Waals surface area (Å²) in [4.78, 5) is 19.5. The fraction of sp³-hybridized carbons (Fsp3) is 0.0556. The van der Waals surface area contributed by atoms with Crippen molar-refractivity contribution in [3.8, 4) is 11.1 Å². The average molecular weight is 346 g/mol. The van der Waals surface area contributed by atoms with E-state index in [9.17, 15) is 10.1 Å². The topological polar surface area (TPSA) is 98.8 Å². The normalized spacial score (nSPS) is 10.8. The van der Waals surface area contributed by atoms with Gasteiger partial charge < -0.3 is 5.32 Å². The van der Waals surface area contributed by atoms with Crippen LogP contribution in [0, 0.1) is 10.1 Å². The number of rotatable bonds is 4. The van der Waals surface area contributed by atoms with E-state index in [0.717, 1.165) is 22.2 Å². The van der Waals surface area contributed by atoms with Crippen LogP contribution in [-0.2, 0) is 7.05 Å². The summed E-state index contributed by atoms with van der Waals surface area (Å²) in [5.41, 5.74) is 3.99. The molecule has 0 aliphatic rings. The van der Waals surface area contributed by atoms with E-state index in [-0.39, 0.29) is 5.69 Å². The molecule has 0 saturated heterocycles. The van der Waals surface area contributed by atoms with E-state index in [4.69, 9.17) is 0 Å². The monoisotopic (exact) mass is 346 g/mol. The van der Waals surface area contributed by atoms with E-state index < -0.39 is 4.92 Å². The Hall–Kier alpha value is -3.81. The van der Waals surface area contributed by atoms with Crippen molar-refractivity contribution in [2.75, 3.05) is 5.32 Å². The molecule has 8 nitrogen and oxygen atoms in total. The number of nitrogens with zero attached hydrogens (tertiary/aromatic N) is 5. The first-order valence-corrected chi connectivity index (χ1v) is 7.86. The Balaban J connectivity index is 1.68. The summed E-state index contributed by atoms with van der Waals surface area (Å²) < 4.78 is 1.73. The zero-order valence-corrected chi connectivity index (χ0v) is 13.8. The molecule has 0 spiro atoms. The highest BCUT2D eigenvalue weighted by atomic mass is 16.6. The number of non-ortho nitro benzene ring substituents is 1. The Morgan fingerprint density at radius 2 is 1.96 bits per heavy atom. The van der Waals surface area contributed by atoms with Crippen LogP contribution in [0.2, 0.25) is 0 Å². The molecule has 0 unspecified atom stereocenters. The van der Waals surface area contributed by atoms with Crippen LogP contribution >= 0.6 is 0 Å². The Kier molecular flexibility index (Phi) is 3.77. The van der Waals surface area contributed by atoms with Crippen LogP contribution in [0.25, 0.3) is 22.2 Å². The van der Waals surface area contributed by atoms with Gasteiger partial charge in [-0.05, 0) is 24.3 Å². The third-order valence-electron chi connectivity index (χ3n) is 3.90. The number of hydrogen-bond donors (Lipinski definition) is 1. The van der Waals surface area contributed by atoms with Crippen LogP contribution < -0.4 is 5.32 Å². The highest BCUT2D eigenvalue weighted by molar-refractivity contribution is 5.81. The second-order valence-corrected chi connectivity index (χ2v) is 5.79. The number of fused-ring (bicyclic) bond motifs is 1. The summed E-state index contributed by atoms with van der Waals surface area (Å²) >= 11 is 0. The quantitative estimate of drug-likeness (QED) is 0.447. The molecule has 0 radical (unpaired) electrons. The van der Waals surface area contributed by atoms with E-state index in [0.29, 0.717) is 11.5 Å². The van der Waals surface area contributed by atoms with E-state index >= 15 is 0 Å². The Morgan fingerprint density at radius 1 is 1.08 bits per heavy atom. The zero-order valence-electron chi connectivity index (χ0n) is 13.8. The molecule has 0 fully saturated rings. The van der Waals surface area contributed by atoms with Crippen LogP contribution in [-0.4, -0.2) is 24.7 Å². The van der Waals surface area contributed by atoms with Gasteiger partial charge in [-0.25, -0.2) is 4.98 Å². The van der Waals surface area contributed by atoms with Crippen LogP contribution in [0.5, 0.6) is 0 Å². The summed E-state index contributed by atoms with van der Waals surface area (Å²) in [5.74, 6) is 0.586. The summed E-state index contributed by atoms with van der Waals surface area (Å²) in [6, 6.07) is 11.9. The maximum atomic E-state index is 10.9. The summed E-state index contributed by atoms with van der Waals surface area (Å²) in [5, 5.41) is 18.2. The lowest BCUT2D eigenvalue weighted by Crippen LogP contribution is -1.96. The standard InChI is InChI=1S/C18H14N6O2/c1-23-11-13(10-20-23)12-7-17-16(19-9-12)5-6-18(22-17)21-14-3-2-4-15(8-14)24(25)26/h2-11H,1H3,(H,21,22). The van der Waals surface area contributed by atoms with E-state index in [1.165, 1.54) is 12.1 Å². The molecular weight excluding hydrogens is 332 g/mol. The van der Waals surface area contributed by atoms with Gasteiger partial charge in [0.1, 0.15) is 5.82 Å². The fourth-order valence-electron chi connectivity index (χ4n) is 2.65. The largest absolute Gasteiger partial charge is 0.340 e. The van der Waals surface area contributed by atoms with Crippen molar-refractivity contribution in [1.29, 1.82) is 0 Å². The van der Waals surface area contributed by atoms with Crippen LogP contribution in [0.1, 0.15) is 0 Å². The molecule has 4 aromatic rings. The van der Waals surface area contributed by atoms with Gasteiger partial charge in [0.05, 0.1) is 22.2 Å². The molecule has 1 aromatic carbocycles. The molecule has 0 saturated carbocycles. The third-order valence-corrected chi connectivity index (χ3v) is 3.90. The van der Waals surface area contributed by atoms with Crippen LogP contribution in [0.4, 0.5) is 17.2 Å². The number of nitrogens with one attached hydrogen (secondary N) is 1. The predicted octanol–water partition coefficient (Wildman–Crippen LogP) is 3.68. The second kappa shape index (κ2) is 6.25. The predicted molar refractivity (Wildman–Crippen MR) is 98.1 cm³/mol. The Morgan fingerprint density at radius 3 is 2.73 bits per heavy atom. The third kappa shape index (κ3) is 3.07. The molecule has 0 bridgehead atoms. The molecule has 0 amide bonds. The molecule has 3 heterocycles. The number of nitro groups is 1. The zero-order chi connectivity index (χ0) is 18.1. The Bertz CT molecular complexity index is 1120. The van der Waals surface area contributed by atoms with Crippen LogP contribution in [0.3, 0.4) is 0 Å². The average Bonchev–Trinajstić information content (AvgIpc) is 3.08. The number of hydrogen-bond acceptors (Lipinski definition) is 6. The van der Waals surface area contributed by atoms with Gasteiger partial charge in [-0.2, -0.15) is 5.10 Å². The maximum absolute atomic E-state index is 10.9. The number of aromatic nitrogens is 4. The van der Waals surface area contributed by atoms with Crippen LogP contribution in [0.15, 0.2) is 61.1 Å². The molecule has 4 rings (SSSR count). The van der Waals surface area contributed by atoms with Gasteiger partial charge >= 0.3 is 0 Å². The first-order valence-electron chi connectivity index (χ1n) is 7.86. The summed E-state index contributed by atoms with van der Waals surface area (Å²) in [6.45, 7) is 0. The van der Waals surface area contributed by atoms with Gasteiger partial charge in [-0.1, -0.05) is 6.07 Å². The van der Waals surface area contributed by atoms with Crippen molar-refractivity contribution in [2.24, 2.45) is 7.05 Å². The molecule has 26 heavy (non-hydrogen) atoms. The molecule has 0 atom stereocenters. The Labute approximate surface area is 148 Å². The number of pyridine rings is 2. The van der Waals surface area contributed by atoms with E-state index in [1.807, 2.05) is 25.4 Å². The highest BCUT2D eigenvalue weighted by Crippen LogP contribution is 2.24. The molecular formula is C18H14N6O2. The smallest absolute Gasteiger partial charge is 0.271 e. The number of benzene rings is 1. The SMILES string of the molecule is Cn1cc(-c2cnc3ccc(Nc4cccc([N+](=O)[O-])c4)nc3c2)cn1. The van der Waals surface area contributed by atoms with Crippen molar-refractivity contribution in [3.63, 3.8) is 0 Å². The van der Waals surface area contributed by atoms with E-state index in [2.05, 4.69) is 20.4 Å². The minimum absolute atomic E-state index is 0.0244. The number of nitro benzene ring substituents is 1. The molecule has 3 aromatic heterocycles. The fourth-order valence-corrected chi connectivity index (χ4v) is 2.65. The molecule has 128 valence electrons. The van der Waals surface area contributed by atoms with Crippen molar-refractivity contribution >= 4 is 28.2 Å². The second-order valence-electron chi connectivity index (χ2n) is 5.79. The molecule has 1 N–H and O–H groups in total. The van der Waals surface area contributed by atoms with Gasteiger partial charge in [0, 0.05) is 48.4 Å². The van der Waals surface area contributed by atoms with E-state index in [1.54, 1.807) is 35.3 Å². The van der Waals surface area contributed by atoms with Crippen molar-refractivity contribution in [1.82, 2.24) is 19.7 Å². The minimum atomic E-state index is -0.427. The highest BCUT2D eigenvalue weighted by Gasteiger charge is 2.08. The van der Waals surface area contributed by atoms with Crippen molar-refractivity contribution < 1.29 is 4.92 Å². The van der Waals surface area contributed by atoms with Gasteiger partial charge in [0.2, 0.25) is 0 Å². The van der Waals surface area contributed by atoms with Crippen molar-refractivity contribution in [2.45, 2.75) is 0 Å². The molecule has 0 aliphatic heterocycles. The lowest BCUT2D eigenvalue weighted by atomic mass is 10.1. The van der Waals surface area contributed by atoms with Gasteiger partial charge in [0.15, 0.2) is 0 Å². The van der Waals surface area contributed by atoms with Gasteiger partial charge in [-0.3, -0.25) is 19.8 Å². The number of anilines is 2. The maximum Gasteiger partial charge on any atom is 0.271 e. The first-order chi connectivity index (χ1) is 12.6. The summed E-state index contributed by atoms with van der Waals surface area (Å²) in [7, 11) is 1.86. The number of aryl methyl sites for hydroxylation is 1.